The molecule has 2 aliphatic rings. The molecule has 2 aromatic rings. The van der Waals surface area contributed by atoms with Crippen molar-refractivity contribution in [2.45, 2.75) is 31.7 Å². The maximum atomic E-state index is 13.6. The average Bonchev–Trinajstić information content (AvgIpc) is 3.40. The van der Waals surface area contributed by atoms with Crippen LogP contribution in [0.4, 0.5) is 4.39 Å². The molecular weight excluding hydrogens is 349 g/mol. The van der Waals surface area contributed by atoms with Crippen LogP contribution in [-0.4, -0.2) is 36.1 Å². The normalized spacial score (nSPS) is 24.5. The summed E-state index contributed by atoms with van der Waals surface area (Å²) < 4.78 is 24.6. The van der Waals surface area contributed by atoms with Crippen LogP contribution in [0.1, 0.15) is 23.3 Å². The van der Waals surface area contributed by atoms with Crippen LogP contribution in [-0.2, 0) is 22.6 Å². The SMILES string of the molecule is N#Cc1cc(CN2C[C@@H](C(=O)NCc3ccco3)[C@@H]3OCC[C@H]32)ccc1F. The first-order valence-electron chi connectivity index (χ1n) is 9.00. The van der Waals surface area contributed by atoms with Crippen molar-refractivity contribution < 1.29 is 18.3 Å². The van der Waals surface area contributed by atoms with Gasteiger partial charge in [-0.05, 0) is 36.2 Å². The van der Waals surface area contributed by atoms with Gasteiger partial charge >= 0.3 is 0 Å². The molecule has 0 aliphatic carbocycles. The Morgan fingerprint density at radius 1 is 1.41 bits per heavy atom. The van der Waals surface area contributed by atoms with Crippen LogP contribution in [0.5, 0.6) is 0 Å². The Hall–Kier alpha value is -2.69. The second-order valence-corrected chi connectivity index (χ2v) is 6.95. The summed E-state index contributed by atoms with van der Waals surface area (Å²) in [4.78, 5) is 14.9. The third kappa shape index (κ3) is 3.59. The van der Waals surface area contributed by atoms with Crippen molar-refractivity contribution in [2.24, 2.45) is 5.92 Å². The van der Waals surface area contributed by atoms with Crippen LogP contribution in [0.3, 0.4) is 0 Å². The fourth-order valence-electron chi connectivity index (χ4n) is 3.99. The minimum atomic E-state index is -0.514. The number of carbonyl (C=O) groups excluding carboxylic acids is 1. The second-order valence-electron chi connectivity index (χ2n) is 6.95. The molecule has 7 heteroatoms. The lowest BCUT2D eigenvalue weighted by molar-refractivity contribution is -0.127. The number of ether oxygens (including phenoxy) is 1. The molecular formula is C20H20FN3O3. The highest BCUT2D eigenvalue weighted by molar-refractivity contribution is 5.80. The zero-order chi connectivity index (χ0) is 18.8. The highest BCUT2D eigenvalue weighted by Crippen LogP contribution is 2.34. The van der Waals surface area contributed by atoms with Crippen LogP contribution in [0.15, 0.2) is 41.0 Å². The van der Waals surface area contributed by atoms with Gasteiger partial charge in [0.25, 0.3) is 0 Å². The number of nitrogens with zero attached hydrogens (tertiary/aromatic N) is 2. The number of rotatable bonds is 5. The fourth-order valence-corrected chi connectivity index (χ4v) is 3.99. The molecule has 0 saturated carbocycles. The molecule has 27 heavy (non-hydrogen) atoms. The number of halogens is 1. The Balaban J connectivity index is 1.44. The van der Waals surface area contributed by atoms with Gasteiger partial charge in [0.1, 0.15) is 17.6 Å². The molecule has 4 rings (SSSR count). The third-order valence-corrected chi connectivity index (χ3v) is 5.29. The lowest BCUT2D eigenvalue weighted by Gasteiger charge is -2.22. The number of nitrogens with one attached hydrogen (secondary N) is 1. The maximum Gasteiger partial charge on any atom is 0.227 e. The summed E-state index contributed by atoms with van der Waals surface area (Å²) in [6.45, 7) is 2.10. The van der Waals surface area contributed by atoms with E-state index >= 15 is 0 Å². The van der Waals surface area contributed by atoms with Crippen LogP contribution in [0, 0.1) is 23.1 Å². The first-order valence-corrected chi connectivity index (χ1v) is 9.00. The smallest absolute Gasteiger partial charge is 0.227 e. The minimum Gasteiger partial charge on any atom is -0.467 e. The number of amides is 1. The van der Waals surface area contributed by atoms with Crippen molar-refractivity contribution in [3.8, 4) is 6.07 Å². The van der Waals surface area contributed by atoms with Gasteiger partial charge in [-0.2, -0.15) is 5.26 Å². The van der Waals surface area contributed by atoms with Crippen LogP contribution in [0.2, 0.25) is 0 Å². The maximum absolute atomic E-state index is 13.6. The van der Waals surface area contributed by atoms with Crippen molar-refractivity contribution in [3.63, 3.8) is 0 Å². The van der Waals surface area contributed by atoms with Crippen LogP contribution >= 0.6 is 0 Å². The number of nitriles is 1. The first-order chi connectivity index (χ1) is 13.2. The molecule has 1 aromatic heterocycles. The predicted octanol–water partition coefficient (Wildman–Crippen LogP) is 2.20. The van der Waals surface area contributed by atoms with Gasteiger partial charge in [0, 0.05) is 25.7 Å². The lowest BCUT2D eigenvalue weighted by atomic mass is 10.0. The molecule has 2 fully saturated rings. The van der Waals surface area contributed by atoms with Crippen molar-refractivity contribution in [1.82, 2.24) is 10.2 Å². The lowest BCUT2D eigenvalue weighted by Crippen LogP contribution is -2.37. The van der Waals surface area contributed by atoms with Gasteiger partial charge in [-0.1, -0.05) is 6.07 Å². The number of furan rings is 1. The average molecular weight is 369 g/mol. The molecule has 2 saturated heterocycles. The van der Waals surface area contributed by atoms with E-state index in [0.717, 1.165) is 12.0 Å². The molecule has 0 spiro atoms. The van der Waals surface area contributed by atoms with Crippen LogP contribution < -0.4 is 5.32 Å². The number of hydrogen-bond acceptors (Lipinski definition) is 5. The fraction of sp³-hybridized carbons (Fsp3) is 0.400. The van der Waals surface area contributed by atoms with E-state index in [4.69, 9.17) is 14.4 Å². The third-order valence-electron chi connectivity index (χ3n) is 5.29. The quantitative estimate of drug-likeness (QED) is 0.874. The molecule has 3 atom stereocenters. The number of fused-ring (bicyclic) bond motifs is 1. The molecule has 3 heterocycles. The summed E-state index contributed by atoms with van der Waals surface area (Å²) in [5.41, 5.74) is 0.897. The number of hydrogen-bond donors (Lipinski definition) is 1. The molecule has 1 amide bonds. The Kier molecular flexibility index (Phi) is 4.92. The predicted molar refractivity (Wildman–Crippen MR) is 93.7 cm³/mol. The first kappa shape index (κ1) is 17.7. The molecule has 0 radical (unpaired) electrons. The molecule has 1 N–H and O–H groups in total. The van der Waals surface area contributed by atoms with Crippen molar-refractivity contribution >= 4 is 5.91 Å². The largest absolute Gasteiger partial charge is 0.467 e. The van der Waals surface area contributed by atoms with Gasteiger partial charge in [0.15, 0.2) is 0 Å². The molecule has 6 nitrogen and oxygen atoms in total. The number of benzene rings is 1. The summed E-state index contributed by atoms with van der Waals surface area (Å²) in [7, 11) is 0. The van der Waals surface area contributed by atoms with E-state index < -0.39 is 5.82 Å². The Morgan fingerprint density at radius 2 is 2.30 bits per heavy atom. The molecule has 2 aliphatic heterocycles. The van der Waals surface area contributed by atoms with E-state index in [1.165, 1.54) is 6.07 Å². The summed E-state index contributed by atoms with van der Waals surface area (Å²) in [5, 5.41) is 11.9. The molecule has 140 valence electrons. The zero-order valence-electron chi connectivity index (χ0n) is 14.7. The van der Waals surface area contributed by atoms with E-state index in [1.54, 1.807) is 24.5 Å². The van der Waals surface area contributed by atoms with E-state index in [2.05, 4.69) is 10.2 Å². The van der Waals surface area contributed by atoms with Gasteiger partial charge in [0.2, 0.25) is 5.91 Å². The van der Waals surface area contributed by atoms with Gasteiger partial charge in [0.05, 0.1) is 30.4 Å². The standard InChI is InChI=1S/C20H20FN3O3/c21-17-4-3-13(8-14(17)9-22)11-24-12-16(19-18(24)5-7-27-19)20(25)23-10-15-2-1-6-26-15/h1-4,6,8,16,18-19H,5,7,10-12H2,(H,23,25)/t16-,18-,19+/m1/s1. The van der Waals surface area contributed by atoms with E-state index in [0.29, 0.717) is 32.0 Å². The van der Waals surface area contributed by atoms with E-state index in [1.807, 2.05) is 12.1 Å². The van der Waals surface area contributed by atoms with Gasteiger partial charge in [-0.25, -0.2) is 4.39 Å². The summed E-state index contributed by atoms with van der Waals surface area (Å²) in [6, 6.07) is 10.2. The van der Waals surface area contributed by atoms with Gasteiger partial charge < -0.3 is 14.5 Å². The molecule has 0 bridgehead atoms. The summed E-state index contributed by atoms with van der Waals surface area (Å²) in [6.07, 6.45) is 2.30. The monoisotopic (exact) mass is 369 g/mol. The van der Waals surface area contributed by atoms with Crippen molar-refractivity contribution in [3.05, 3.63) is 59.3 Å². The van der Waals surface area contributed by atoms with Crippen molar-refractivity contribution in [1.29, 1.82) is 5.26 Å². The topological polar surface area (TPSA) is 78.5 Å². The Morgan fingerprint density at radius 3 is 3.07 bits per heavy atom. The highest BCUT2D eigenvalue weighted by atomic mass is 19.1. The van der Waals surface area contributed by atoms with Gasteiger partial charge in [-0.15, -0.1) is 0 Å². The van der Waals surface area contributed by atoms with Gasteiger partial charge in [-0.3, -0.25) is 9.69 Å². The summed E-state index contributed by atoms with van der Waals surface area (Å²) in [5.74, 6) is -0.122. The van der Waals surface area contributed by atoms with Crippen molar-refractivity contribution in [2.75, 3.05) is 13.2 Å². The van der Waals surface area contributed by atoms with E-state index in [-0.39, 0.29) is 29.5 Å². The Bertz CT molecular complexity index is 862. The van der Waals surface area contributed by atoms with E-state index in [9.17, 15) is 9.18 Å². The van der Waals surface area contributed by atoms with Crippen LogP contribution in [0.25, 0.3) is 0 Å². The highest BCUT2D eigenvalue weighted by Gasteiger charge is 2.48. The second kappa shape index (κ2) is 7.51. The minimum absolute atomic E-state index is 0.0404. The zero-order valence-corrected chi connectivity index (χ0v) is 14.7. The number of likely N-dealkylation sites (tertiary alicyclic amines) is 1. The Labute approximate surface area is 156 Å². The summed E-state index contributed by atoms with van der Waals surface area (Å²) >= 11 is 0. The number of carbonyl (C=O) groups is 1. The molecule has 0 unspecified atom stereocenters. The molecule has 1 aromatic carbocycles.